The van der Waals surface area contributed by atoms with E-state index in [0.717, 1.165) is 42.3 Å². The number of nitrogens with zero attached hydrogens (tertiary/aromatic N) is 5. The fourth-order valence-electron chi connectivity index (χ4n) is 4.40. The smallest absolute Gasteiger partial charge is 0.293 e. The second-order valence-electron chi connectivity index (χ2n) is 8.84. The highest BCUT2D eigenvalue weighted by Crippen LogP contribution is 2.30. The molecule has 5 rings (SSSR count). The number of carbonyl (C=O) groups excluding carboxylic acids is 1. The van der Waals surface area contributed by atoms with E-state index in [2.05, 4.69) is 39.4 Å². The van der Waals surface area contributed by atoms with Crippen LogP contribution >= 0.6 is 0 Å². The number of carbonyl (C=O) groups is 1. The van der Waals surface area contributed by atoms with Crippen LogP contribution in [0, 0.1) is 0 Å². The molecule has 1 amide bonds. The maximum atomic E-state index is 13.4. The van der Waals surface area contributed by atoms with Crippen molar-refractivity contribution in [1.82, 2.24) is 25.0 Å². The number of ether oxygens (including phenoxy) is 2. The van der Waals surface area contributed by atoms with E-state index in [-0.39, 0.29) is 11.7 Å². The van der Waals surface area contributed by atoms with Crippen LogP contribution in [0.4, 0.5) is 0 Å². The van der Waals surface area contributed by atoms with Crippen molar-refractivity contribution >= 4 is 5.91 Å². The average Bonchev–Trinajstić information content (AvgIpc) is 2.97. The molecule has 0 aliphatic carbocycles. The molecule has 8 nitrogen and oxygen atoms in total. The number of methoxy groups -OCH3 is 2. The van der Waals surface area contributed by atoms with Gasteiger partial charge >= 0.3 is 0 Å². The summed E-state index contributed by atoms with van der Waals surface area (Å²) >= 11 is 0. The van der Waals surface area contributed by atoms with Crippen molar-refractivity contribution in [2.75, 3.05) is 40.4 Å². The fourth-order valence-corrected chi connectivity index (χ4v) is 4.40. The highest BCUT2D eigenvalue weighted by molar-refractivity contribution is 5.92. The zero-order chi connectivity index (χ0) is 25.6. The van der Waals surface area contributed by atoms with E-state index in [9.17, 15) is 4.79 Å². The normalized spacial score (nSPS) is 13.8. The Hall–Kier alpha value is -4.30. The minimum atomic E-state index is -0.206. The predicted molar refractivity (Wildman–Crippen MR) is 141 cm³/mol. The molecule has 1 fully saturated rings. The fraction of sp³-hybridized carbons (Fsp3) is 0.241. The number of hydrogen-bond donors (Lipinski definition) is 0. The Morgan fingerprint density at radius 2 is 1.30 bits per heavy atom. The summed E-state index contributed by atoms with van der Waals surface area (Å²) in [5.41, 5.74) is 4.11. The molecule has 3 aromatic carbocycles. The average molecular weight is 496 g/mol. The molecule has 0 atom stereocenters. The quantitative estimate of drug-likeness (QED) is 0.380. The largest absolute Gasteiger partial charge is 0.497 e. The van der Waals surface area contributed by atoms with Crippen LogP contribution in [0.25, 0.3) is 22.5 Å². The molecule has 1 aliphatic rings. The van der Waals surface area contributed by atoms with Gasteiger partial charge in [-0.15, -0.1) is 10.2 Å². The third-order valence-electron chi connectivity index (χ3n) is 6.51. The molecular formula is C29H29N5O3. The van der Waals surface area contributed by atoms with E-state index in [0.29, 0.717) is 24.5 Å². The molecule has 0 saturated carbocycles. The molecule has 0 spiro atoms. The minimum Gasteiger partial charge on any atom is -0.497 e. The zero-order valence-corrected chi connectivity index (χ0v) is 21.0. The minimum absolute atomic E-state index is 0.0968. The van der Waals surface area contributed by atoms with Crippen LogP contribution in [-0.4, -0.2) is 71.3 Å². The standard InChI is InChI=1S/C29H29N5O3/c1-36-24-12-8-22(9-13-24)26-27(23-10-14-25(37-2)15-11-23)31-32-28(30-26)29(35)34-18-16-33(17-19-34)20-21-6-4-3-5-7-21/h3-15H,16-20H2,1-2H3. The van der Waals surface area contributed by atoms with Crippen LogP contribution in [-0.2, 0) is 6.54 Å². The topological polar surface area (TPSA) is 80.7 Å². The Balaban J connectivity index is 1.38. The summed E-state index contributed by atoms with van der Waals surface area (Å²) in [6.45, 7) is 3.70. The lowest BCUT2D eigenvalue weighted by molar-refractivity contribution is 0.0615. The second-order valence-corrected chi connectivity index (χ2v) is 8.84. The summed E-state index contributed by atoms with van der Waals surface area (Å²) in [5.74, 6) is 1.37. The van der Waals surface area contributed by atoms with Gasteiger partial charge in [-0.2, -0.15) is 0 Å². The van der Waals surface area contributed by atoms with Gasteiger partial charge in [-0.3, -0.25) is 9.69 Å². The van der Waals surface area contributed by atoms with Gasteiger partial charge in [-0.25, -0.2) is 4.98 Å². The number of amides is 1. The Labute approximate surface area is 216 Å². The van der Waals surface area contributed by atoms with Crippen LogP contribution in [0.1, 0.15) is 16.2 Å². The highest BCUT2D eigenvalue weighted by atomic mass is 16.5. The van der Waals surface area contributed by atoms with Crippen LogP contribution in [0.2, 0.25) is 0 Å². The second kappa shape index (κ2) is 11.2. The summed E-state index contributed by atoms with van der Waals surface area (Å²) in [5, 5.41) is 8.73. The lowest BCUT2D eigenvalue weighted by atomic mass is 10.0. The van der Waals surface area contributed by atoms with Crippen LogP contribution in [0.5, 0.6) is 11.5 Å². The first-order valence-corrected chi connectivity index (χ1v) is 12.2. The summed E-state index contributed by atoms with van der Waals surface area (Å²) in [6, 6.07) is 25.5. The van der Waals surface area contributed by atoms with Gasteiger partial charge in [0.25, 0.3) is 5.91 Å². The summed E-state index contributed by atoms with van der Waals surface area (Å²) in [7, 11) is 3.25. The Kier molecular flexibility index (Phi) is 7.37. The van der Waals surface area contributed by atoms with E-state index in [1.807, 2.05) is 59.5 Å². The van der Waals surface area contributed by atoms with E-state index < -0.39 is 0 Å². The van der Waals surface area contributed by atoms with Crippen LogP contribution in [0.15, 0.2) is 78.9 Å². The van der Waals surface area contributed by atoms with Crippen molar-refractivity contribution in [3.05, 3.63) is 90.3 Å². The van der Waals surface area contributed by atoms with E-state index in [4.69, 9.17) is 14.5 Å². The van der Waals surface area contributed by atoms with Gasteiger partial charge in [-0.05, 0) is 54.1 Å². The van der Waals surface area contributed by atoms with Gasteiger partial charge in [0.1, 0.15) is 22.9 Å². The number of hydrogen-bond acceptors (Lipinski definition) is 7. The molecule has 1 aromatic heterocycles. The maximum Gasteiger partial charge on any atom is 0.293 e. The molecular weight excluding hydrogens is 466 g/mol. The van der Waals surface area contributed by atoms with Gasteiger partial charge in [0.2, 0.25) is 5.82 Å². The lowest BCUT2D eigenvalue weighted by Gasteiger charge is -2.34. The number of piperazine rings is 1. The third kappa shape index (κ3) is 5.59. The van der Waals surface area contributed by atoms with Gasteiger partial charge in [0.15, 0.2) is 0 Å². The summed E-state index contributed by atoms with van der Waals surface area (Å²) < 4.78 is 10.6. The first-order chi connectivity index (χ1) is 18.1. The number of benzene rings is 3. The van der Waals surface area contributed by atoms with Crippen molar-refractivity contribution in [2.45, 2.75) is 6.54 Å². The van der Waals surface area contributed by atoms with Crippen molar-refractivity contribution < 1.29 is 14.3 Å². The molecule has 37 heavy (non-hydrogen) atoms. The molecule has 0 radical (unpaired) electrons. The van der Waals surface area contributed by atoms with Gasteiger partial charge < -0.3 is 14.4 Å². The molecule has 1 saturated heterocycles. The van der Waals surface area contributed by atoms with E-state index in [1.54, 1.807) is 14.2 Å². The van der Waals surface area contributed by atoms with Crippen LogP contribution in [0.3, 0.4) is 0 Å². The number of aromatic nitrogens is 3. The zero-order valence-electron chi connectivity index (χ0n) is 21.0. The summed E-state index contributed by atoms with van der Waals surface area (Å²) in [4.78, 5) is 22.3. The Morgan fingerprint density at radius 3 is 1.86 bits per heavy atom. The van der Waals surface area contributed by atoms with Crippen LogP contribution < -0.4 is 9.47 Å². The van der Waals surface area contributed by atoms with Gasteiger partial charge in [0.05, 0.1) is 14.2 Å². The SMILES string of the molecule is COc1ccc(-c2nnc(C(=O)N3CCN(Cc4ccccc4)CC3)nc2-c2ccc(OC)cc2)cc1. The highest BCUT2D eigenvalue weighted by Gasteiger charge is 2.26. The molecule has 0 bridgehead atoms. The molecule has 0 N–H and O–H groups in total. The van der Waals surface area contributed by atoms with Crippen molar-refractivity contribution in [2.24, 2.45) is 0 Å². The molecule has 188 valence electrons. The van der Waals surface area contributed by atoms with Crippen molar-refractivity contribution in [1.29, 1.82) is 0 Å². The monoisotopic (exact) mass is 495 g/mol. The molecule has 2 heterocycles. The molecule has 1 aliphatic heterocycles. The van der Waals surface area contributed by atoms with Crippen molar-refractivity contribution in [3.8, 4) is 34.0 Å². The van der Waals surface area contributed by atoms with Gasteiger partial charge in [-0.1, -0.05) is 30.3 Å². The Bertz CT molecular complexity index is 1340. The first-order valence-electron chi connectivity index (χ1n) is 12.2. The first kappa shape index (κ1) is 24.4. The third-order valence-corrected chi connectivity index (χ3v) is 6.51. The Morgan fingerprint density at radius 1 is 0.730 bits per heavy atom. The molecule has 4 aromatic rings. The number of rotatable bonds is 7. The van der Waals surface area contributed by atoms with Crippen molar-refractivity contribution in [3.63, 3.8) is 0 Å². The maximum absolute atomic E-state index is 13.4. The molecule has 0 unspecified atom stereocenters. The predicted octanol–water partition coefficient (Wildman–Crippen LogP) is 4.18. The van der Waals surface area contributed by atoms with E-state index in [1.165, 1.54) is 5.56 Å². The lowest BCUT2D eigenvalue weighted by Crippen LogP contribution is -2.48. The van der Waals surface area contributed by atoms with Gasteiger partial charge in [0, 0.05) is 43.9 Å². The summed E-state index contributed by atoms with van der Waals surface area (Å²) in [6.07, 6.45) is 0. The van der Waals surface area contributed by atoms with E-state index >= 15 is 0 Å². The molecule has 8 heteroatoms.